The second-order valence-electron chi connectivity index (χ2n) is 4.07. The molecule has 0 aliphatic carbocycles. The van der Waals surface area contributed by atoms with Crippen LogP contribution in [0.5, 0.6) is 0 Å². The maximum absolute atomic E-state index is 6.05. The van der Waals surface area contributed by atoms with Gasteiger partial charge >= 0.3 is 0 Å². The van der Waals surface area contributed by atoms with Crippen molar-refractivity contribution < 1.29 is 4.74 Å². The van der Waals surface area contributed by atoms with Crippen molar-refractivity contribution in [3.8, 4) is 0 Å². The maximum atomic E-state index is 6.05. The van der Waals surface area contributed by atoms with Crippen LogP contribution in [-0.4, -0.2) is 37.7 Å². The Morgan fingerprint density at radius 3 is 2.76 bits per heavy atom. The van der Waals surface area contributed by atoms with E-state index in [0.717, 1.165) is 41.4 Å². The molecule has 0 radical (unpaired) electrons. The Bertz CT molecular complexity index is 383. The number of morpholine rings is 1. The van der Waals surface area contributed by atoms with E-state index in [4.69, 9.17) is 22.1 Å². The lowest BCUT2D eigenvalue weighted by atomic mass is 10.1. The molecule has 0 bridgehead atoms. The van der Waals surface area contributed by atoms with Gasteiger partial charge in [0.25, 0.3) is 0 Å². The minimum Gasteiger partial charge on any atom is -0.379 e. The second kappa shape index (κ2) is 6.16. The van der Waals surface area contributed by atoms with E-state index >= 15 is 0 Å². The first-order chi connectivity index (χ1) is 8.22. The van der Waals surface area contributed by atoms with Crippen molar-refractivity contribution in [3.63, 3.8) is 0 Å². The van der Waals surface area contributed by atoms with Gasteiger partial charge in [-0.3, -0.25) is 4.90 Å². The van der Waals surface area contributed by atoms with E-state index < -0.39 is 0 Å². The van der Waals surface area contributed by atoms with E-state index in [2.05, 4.69) is 20.8 Å². The first kappa shape index (κ1) is 13.3. The lowest BCUT2D eigenvalue weighted by Crippen LogP contribution is -2.41. The van der Waals surface area contributed by atoms with Crippen molar-refractivity contribution in [2.75, 3.05) is 32.8 Å². The van der Waals surface area contributed by atoms with Crippen LogP contribution in [-0.2, 0) is 4.74 Å². The molecule has 0 amide bonds. The summed E-state index contributed by atoms with van der Waals surface area (Å²) in [4.78, 5) is 2.35. The fourth-order valence-corrected chi connectivity index (χ4v) is 2.82. The molecule has 1 aromatic carbocycles. The van der Waals surface area contributed by atoms with Gasteiger partial charge in [0, 0.05) is 35.2 Å². The second-order valence-corrected chi connectivity index (χ2v) is 5.36. The largest absolute Gasteiger partial charge is 0.379 e. The molecule has 1 aliphatic heterocycles. The molecule has 17 heavy (non-hydrogen) atoms. The van der Waals surface area contributed by atoms with Gasteiger partial charge < -0.3 is 10.5 Å². The maximum Gasteiger partial charge on any atom is 0.0594 e. The van der Waals surface area contributed by atoms with Crippen LogP contribution in [0.25, 0.3) is 0 Å². The van der Waals surface area contributed by atoms with Gasteiger partial charge in [0.2, 0.25) is 0 Å². The molecule has 1 unspecified atom stereocenters. The molecule has 0 aromatic heterocycles. The summed E-state index contributed by atoms with van der Waals surface area (Å²) in [6.07, 6.45) is 0. The predicted octanol–water partition coefficient (Wildman–Crippen LogP) is 2.43. The molecular formula is C12H16BrClN2O. The van der Waals surface area contributed by atoms with E-state index in [-0.39, 0.29) is 6.04 Å². The fourth-order valence-electron chi connectivity index (χ4n) is 2.13. The highest BCUT2D eigenvalue weighted by molar-refractivity contribution is 9.10. The third-order valence-electron chi connectivity index (χ3n) is 3.03. The summed E-state index contributed by atoms with van der Waals surface area (Å²) in [6, 6.07) is 6.04. The summed E-state index contributed by atoms with van der Waals surface area (Å²) in [7, 11) is 0. The first-order valence-corrected chi connectivity index (χ1v) is 6.86. The highest BCUT2D eigenvalue weighted by Crippen LogP contribution is 2.30. The van der Waals surface area contributed by atoms with Gasteiger partial charge in [-0.25, -0.2) is 0 Å². The standard InChI is InChI=1S/C12H16BrClN2O/c13-11-2-1-9(14)7-10(11)12(8-15)16-3-5-17-6-4-16/h1-2,7,12H,3-6,8,15H2. The Hall–Kier alpha value is -0.130. The van der Waals surface area contributed by atoms with E-state index in [0.29, 0.717) is 6.54 Å². The van der Waals surface area contributed by atoms with Gasteiger partial charge in [-0.2, -0.15) is 0 Å². The van der Waals surface area contributed by atoms with Crippen molar-refractivity contribution in [1.82, 2.24) is 4.90 Å². The number of benzene rings is 1. The molecule has 5 heteroatoms. The average Bonchev–Trinajstić information content (AvgIpc) is 2.36. The van der Waals surface area contributed by atoms with Crippen LogP contribution in [0.1, 0.15) is 11.6 Å². The first-order valence-electron chi connectivity index (χ1n) is 5.69. The van der Waals surface area contributed by atoms with Crippen LogP contribution in [0.4, 0.5) is 0 Å². The van der Waals surface area contributed by atoms with E-state index in [9.17, 15) is 0 Å². The van der Waals surface area contributed by atoms with Crippen molar-refractivity contribution in [1.29, 1.82) is 0 Å². The molecule has 2 N–H and O–H groups in total. The number of nitrogens with zero attached hydrogens (tertiary/aromatic N) is 1. The van der Waals surface area contributed by atoms with Crippen molar-refractivity contribution in [3.05, 3.63) is 33.3 Å². The summed E-state index contributed by atoms with van der Waals surface area (Å²) in [5.74, 6) is 0. The Morgan fingerprint density at radius 2 is 2.12 bits per heavy atom. The summed E-state index contributed by atoms with van der Waals surface area (Å²) in [5.41, 5.74) is 7.06. The Morgan fingerprint density at radius 1 is 1.41 bits per heavy atom. The molecule has 1 aliphatic rings. The summed E-state index contributed by atoms with van der Waals surface area (Å²) in [5, 5.41) is 0.745. The van der Waals surface area contributed by atoms with E-state index in [1.165, 1.54) is 0 Å². The van der Waals surface area contributed by atoms with Crippen molar-refractivity contribution in [2.24, 2.45) is 5.73 Å². The van der Waals surface area contributed by atoms with Gasteiger partial charge in [0.05, 0.1) is 13.2 Å². The van der Waals surface area contributed by atoms with Gasteiger partial charge in [0.1, 0.15) is 0 Å². The van der Waals surface area contributed by atoms with Gasteiger partial charge in [0.15, 0.2) is 0 Å². The quantitative estimate of drug-likeness (QED) is 0.930. The van der Waals surface area contributed by atoms with Crippen LogP contribution in [0.3, 0.4) is 0 Å². The third-order valence-corrected chi connectivity index (χ3v) is 3.98. The highest BCUT2D eigenvalue weighted by atomic mass is 79.9. The zero-order valence-electron chi connectivity index (χ0n) is 9.53. The summed E-state index contributed by atoms with van der Waals surface area (Å²) in [6.45, 7) is 3.96. The lowest BCUT2D eigenvalue weighted by Gasteiger charge is -2.34. The number of hydrogen-bond donors (Lipinski definition) is 1. The molecule has 3 nitrogen and oxygen atoms in total. The SMILES string of the molecule is NCC(c1cc(Cl)ccc1Br)N1CCOCC1. The van der Waals surface area contributed by atoms with Crippen molar-refractivity contribution in [2.45, 2.75) is 6.04 Å². The Labute approximate surface area is 115 Å². The molecule has 0 spiro atoms. The van der Waals surface area contributed by atoms with Gasteiger partial charge in [-0.15, -0.1) is 0 Å². The van der Waals surface area contributed by atoms with Crippen LogP contribution < -0.4 is 5.73 Å². The topological polar surface area (TPSA) is 38.5 Å². The number of hydrogen-bond acceptors (Lipinski definition) is 3. The number of nitrogens with two attached hydrogens (primary N) is 1. The van der Waals surface area contributed by atoms with Crippen LogP contribution in [0, 0.1) is 0 Å². The van der Waals surface area contributed by atoms with Gasteiger partial charge in [-0.1, -0.05) is 27.5 Å². The molecular weight excluding hydrogens is 304 g/mol. The monoisotopic (exact) mass is 318 g/mol. The molecule has 94 valence electrons. The molecule has 1 atom stereocenters. The van der Waals surface area contributed by atoms with E-state index in [1.807, 2.05) is 18.2 Å². The summed E-state index contributed by atoms with van der Waals surface area (Å²) < 4.78 is 6.42. The molecule has 0 saturated carbocycles. The summed E-state index contributed by atoms with van der Waals surface area (Å²) >= 11 is 9.62. The number of halogens is 2. The van der Waals surface area contributed by atoms with Crippen LogP contribution in [0.2, 0.25) is 5.02 Å². The van der Waals surface area contributed by atoms with Crippen molar-refractivity contribution >= 4 is 27.5 Å². The molecule has 1 fully saturated rings. The number of ether oxygens (including phenoxy) is 1. The lowest BCUT2D eigenvalue weighted by molar-refractivity contribution is 0.0177. The van der Waals surface area contributed by atoms with Crippen LogP contribution in [0.15, 0.2) is 22.7 Å². The molecule has 1 aromatic rings. The zero-order valence-corrected chi connectivity index (χ0v) is 11.9. The normalized spacial score (nSPS) is 19.2. The molecule has 1 heterocycles. The van der Waals surface area contributed by atoms with Crippen LogP contribution >= 0.6 is 27.5 Å². The Balaban J connectivity index is 2.24. The molecule has 1 saturated heterocycles. The minimum absolute atomic E-state index is 0.201. The van der Waals surface area contributed by atoms with Gasteiger partial charge in [-0.05, 0) is 23.8 Å². The molecule has 2 rings (SSSR count). The predicted molar refractivity (Wildman–Crippen MR) is 73.3 cm³/mol. The highest BCUT2D eigenvalue weighted by Gasteiger charge is 2.23. The number of rotatable bonds is 3. The minimum atomic E-state index is 0.201. The van der Waals surface area contributed by atoms with E-state index in [1.54, 1.807) is 0 Å². The smallest absolute Gasteiger partial charge is 0.0594 e. The fraction of sp³-hybridized carbons (Fsp3) is 0.500. The Kier molecular flexibility index (Phi) is 4.82. The third kappa shape index (κ3) is 3.20. The average molecular weight is 320 g/mol. The zero-order chi connectivity index (χ0) is 12.3.